The quantitative estimate of drug-likeness (QED) is 0.133. The molecule has 43 heavy (non-hydrogen) atoms. The van der Waals surface area contributed by atoms with Crippen LogP contribution in [0.15, 0.2) is 127 Å². The van der Waals surface area contributed by atoms with Gasteiger partial charge in [-0.3, -0.25) is 10.1 Å². The second-order valence-electron chi connectivity index (χ2n) is 11.1. The lowest BCUT2D eigenvalue weighted by atomic mass is 9.68. The average Bonchev–Trinajstić information content (AvgIpc) is 3.52. The minimum atomic E-state index is -0.573. The zero-order chi connectivity index (χ0) is 29.3. The highest BCUT2D eigenvalue weighted by molar-refractivity contribution is 6.04. The van der Waals surface area contributed by atoms with Crippen LogP contribution < -0.4 is 10.5 Å². The van der Waals surface area contributed by atoms with Crippen molar-refractivity contribution in [2.24, 2.45) is 0 Å². The molecule has 5 heteroatoms. The molecule has 0 atom stereocenters. The molecule has 0 heterocycles. The Kier molecular flexibility index (Phi) is 5.34. The van der Waals surface area contributed by atoms with E-state index >= 15 is 0 Å². The van der Waals surface area contributed by atoms with E-state index in [0.29, 0.717) is 5.69 Å². The fraction of sp³-hybridized carbons (Fsp3) is 0.0526. The molecule has 2 aliphatic rings. The van der Waals surface area contributed by atoms with E-state index < -0.39 is 5.41 Å². The van der Waals surface area contributed by atoms with Crippen molar-refractivity contribution in [3.63, 3.8) is 0 Å². The summed E-state index contributed by atoms with van der Waals surface area (Å²) in [6.45, 7) is 0. The van der Waals surface area contributed by atoms with Crippen LogP contribution in [-0.2, 0) is 5.41 Å². The third-order valence-corrected chi connectivity index (χ3v) is 9.08. The van der Waals surface area contributed by atoms with Gasteiger partial charge in [0.2, 0.25) is 0 Å². The van der Waals surface area contributed by atoms with Crippen molar-refractivity contribution in [1.82, 2.24) is 0 Å². The van der Waals surface area contributed by atoms with Gasteiger partial charge in [-0.15, -0.1) is 0 Å². The number of nitro groups is 1. The molecule has 0 bridgehead atoms. The topological polar surface area (TPSA) is 78.4 Å². The molecular weight excluding hydrogens is 532 g/mol. The Morgan fingerprint density at radius 1 is 0.628 bits per heavy atom. The standard InChI is InChI=1S/C38H26N2O3/c1-43-26-20-16-24(17-21-26)35-36-31(22-30(37(35)39)23-14-18-25(19-15-23)40(41)42)29-10-4-7-13-34(29)38(36)32-11-5-2-8-27(32)28-9-3-6-12-33(28)38/h2-22H,39H2,1H3. The lowest BCUT2D eigenvalue weighted by molar-refractivity contribution is -0.384. The predicted molar refractivity (Wildman–Crippen MR) is 171 cm³/mol. The molecule has 0 fully saturated rings. The van der Waals surface area contributed by atoms with Gasteiger partial charge in [0.15, 0.2) is 0 Å². The number of methoxy groups -OCH3 is 1. The number of hydrogen-bond donors (Lipinski definition) is 1. The van der Waals surface area contributed by atoms with Crippen LogP contribution in [0.25, 0.3) is 44.5 Å². The van der Waals surface area contributed by atoms with Crippen molar-refractivity contribution >= 4 is 11.4 Å². The molecule has 1 spiro atoms. The van der Waals surface area contributed by atoms with E-state index in [0.717, 1.165) is 44.7 Å². The summed E-state index contributed by atoms with van der Waals surface area (Å²) in [4.78, 5) is 11.0. The first-order valence-electron chi connectivity index (χ1n) is 14.2. The van der Waals surface area contributed by atoms with Gasteiger partial charge in [0.05, 0.1) is 17.4 Å². The van der Waals surface area contributed by atoms with E-state index in [2.05, 4.69) is 91.0 Å². The van der Waals surface area contributed by atoms with E-state index in [1.807, 2.05) is 12.1 Å². The van der Waals surface area contributed by atoms with Crippen LogP contribution in [0.4, 0.5) is 11.4 Å². The van der Waals surface area contributed by atoms with Crippen molar-refractivity contribution in [2.75, 3.05) is 12.8 Å². The van der Waals surface area contributed by atoms with E-state index in [4.69, 9.17) is 10.5 Å². The minimum Gasteiger partial charge on any atom is -0.497 e. The van der Waals surface area contributed by atoms with Crippen LogP contribution in [0.3, 0.4) is 0 Å². The molecule has 0 aromatic heterocycles. The summed E-state index contributed by atoms with van der Waals surface area (Å²) in [7, 11) is 1.66. The predicted octanol–water partition coefficient (Wildman–Crippen LogP) is 8.86. The van der Waals surface area contributed by atoms with Crippen LogP contribution in [0.5, 0.6) is 5.75 Å². The van der Waals surface area contributed by atoms with E-state index in [1.165, 1.54) is 39.9 Å². The maximum atomic E-state index is 11.4. The zero-order valence-electron chi connectivity index (χ0n) is 23.4. The lowest BCUT2D eigenvalue weighted by Crippen LogP contribution is -2.27. The van der Waals surface area contributed by atoms with Gasteiger partial charge in [-0.25, -0.2) is 0 Å². The van der Waals surface area contributed by atoms with Gasteiger partial charge in [-0.05, 0) is 86.0 Å². The Hall–Kier alpha value is -5.68. The first-order valence-corrected chi connectivity index (χ1v) is 14.2. The van der Waals surface area contributed by atoms with E-state index in [-0.39, 0.29) is 10.6 Å². The highest BCUT2D eigenvalue weighted by Crippen LogP contribution is 2.65. The van der Waals surface area contributed by atoms with Crippen LogP contribution >= 0.6 is 0 Å². The number of nitro benzene ring substituents is 1. The fourth-order valence-corrected chi connectivity index (χ4v) is 7.33. The molecule has 2 N–H and O–H groups in total. The van der Waals surface area contributed by atoms with Crippen molar-refractivity contribution < 1.29 is 9.66 Å². The lowest BCUT2D eigenvalue weighted by Gasteiger charge is -2.33. The van der Waals surface area contributed by atoms with Crippen LogP contribution in [-0.4, -0.2) is 12.0 Å². The first kappa shape index (κ1) is 25.1. The van der Waals surface area contributed by atoms with Gasteiger partial charge in [-0.2, -0.15) is 0 Å². The number of fused-ring (bicyclic) bond motifs is 10. The average molecular weight is 559 g/mol. The Balaban J connectivity index is 1.54. The van der Waals surface area contributed by atoms with Crippen LogP contribution in [0.2, 0.25) is 0 Å². The number of rotatable bonds is 4. The highest BCUT2D eigenvalue weighted by atomic mass is 16.6. The number of non-ortho nitro benzene ring substituents is 1. The smallest absolute Gasteiger partial charge is 0.269 e. The maximum Gasteiger partial charge on any atom is 0.269 e. The Labute approximate surface area is 249 Å². The molecule has 0 radical (unpaired) electrons. The summed E-state index contributed by atoms with van der Waals surface area (Å²) in [6.07, 6.45) is 0. The molecule has 0 unspecified atom stereocenters. The number of anilines is 1. The second-order valence-corrected chi connectivity index (χ2v) is 11.1. The number of hydrogen-bond acceptors (Lipinski definition) is 4. The molecule has 0 saturated carbocycles. The van der Waals surface area contributed by atoms with Gasteiger partial charge in [0.25, 0.3) is 5.69 Å². The van der Waals surface area contributed by atoms with Crippen LogP contribution in [0.1, 0.15) is 22.3 Å². The number of ether oxygens (including phenoxy) is 1. The molecule has 206 valence electrons. The van der Waals surface area contributed by atoms with Crippen molar-refractivity contribution in [3.05, 3.63) is 160 Å². The van der Waals surface area contributed by atoms with Gasteiger partial charge in [0, 0.05) is 28.9 Å². The third kappa shape index (κ3) is 3.33. The van der Waals surface area contributed by atoms with Gasteiger partial charge in [0.1, 0.15) is 5.75 Å². The summed E-state index contributed by atoms with van der Waals surface area (Å²) in [5.74, 6) is 0.764. The summed E-state index contributed by atoms with van der Waals surface area (Å²) in [5, 5.41) is 11.4. The molecule has 0 aliphatic heterocycles. The normalized spacial score (nSPS) is 13.2. The molecule has 2 aliphatic carbocycles. The molecule has 6 aromatic carbocycles. The molecule has 0 amide bonds. The Morgan fingerprint density at radius 3 is 1.63 bits per heavy atom. The summed E-state index contributed by atoms with van der Waals surface area (Å²) < 4.78 is 5.50. The fourth-order valence-electron chi connectivity index (χ4n) is 7.33. The monoisotopic (exact) mass is 558 g/mol. The number of nitrogens with zero attached hydrogens (tertiary/aromatic N) is 1. The molecular formula is C38H26N2O3. The van der Waals surface area contributed by atoms with Crippen molar-refractivity contribution in [2.45, 2.75) is 5.41 Å². The zero-order valence-corrected chi connectivity index (χ0v) is 23.4. The molecule has 8 rings (SSSR count). The van der Waals surface area contributed by atoms with E-state index in [9.17, 15) is 10.1 Å². The van der Waals surface area contributed by atoms with Gasteiger partial charge >= 0.3 is 0 Å². The largest absolute Gasteiger partial charge is 0.497 e. The summed E-state index contributed by atoms with van der Waals surface area (Å²) in [6, 6.07) is 42.9. The third-order valence-electron chi connectivity index (χ3n) is 9.08. The highest BCUT2D eigenvalue weighted by Gasteiger charge is 2.53. The van der Waals surface area contributed by atoms with E-state index in [1.54, 1.807) is 19.2 Å². The van der Waals surface area contributed by atoms with Gasteiger partial charge < -0.3 is 10.5 Å². The SMILES string of the molecule is COc1ccc(-c2c(N)c(-c3ccc([N+](=O)[O-])cc3)cc3c2C2(c4ccccc4-c4ccccc42)c2ccccc2-3)cc1. The number of nitrogens with two attached hydrogens (primary N) is 1. The number of benzene rings is 6. The summed E-state index contributed by atoms with van der Waals surface area (Å²) in [5.41, 5.74) is 20.5. The Morgan fingerprint density at radius 2 is 1.12 bits per heavy atom. The Bertz CT molecular complexity index is 2050. The van der Waals surface area contributed by atoms with Gasteiger partial charge in [-0.1, -0.05) is 84.9 Å². The molecule has 0 saturated heterocycles. The first-order chi connectivity index (χ1) is 21.0. The maximum absolute atomic E-state index is 11.4. The number of nitrogen functional groups attached to an aromatic ring is 1. The second kappa shape index (κ2) is 9.16. The van der Waals surface area contributed by atoms with Crippen LogP contribution in [0, 0.1) is 10.1 Å². The molecule has 6 aromatic rings. The molecule has 5 nitrogen and oxygen atoms in total. The van der Waals surface area contributed by atoms with Crippen molar-refractivity contribution in [3.8, 4) is 50.3 Å². The van der Waals surface area contributed by atoms with Crippen molar-refractivity contribution in [1.29, 1.82) is 0 Å². The minimum absolute atomic E-state index is 0.0438. The summed E-state index contributed by atoms with van der Waals surface area (Å²) >= 11 is 0.